The minimum atomic E-state index is -4.57. The van der Waals surface area contributed by atoms with Gasteiger partial charge in [-0.1, -0.05) is 17.7 Å². The molecule has 0 atom stereocenters. The van der Waals surface area contributed by atoms with Crippen LogP contribution in [0.4, 0.5) is 5.69 Å². The van der Waals surface area contributed by atoms with Gasteiger partial charge in [-0.05, 0) is 18.2 Å². The number of anilines is 1. The van der Waals surface area contributed by atoms with Gasteiger partial charge < -0.3 is 4.90 Å². The van der Waals surface area contributed by atoms with E-state index in [1.807, 2.05) is 0 Å². The average molecular weight is 376 g/mol. The van der Waals surface area contributed by atoms with Gasteiger partial charge in [0.2, 0.25) is 0 Å². The molecule has 0 radical (unpaired) electrons. The maximum absolute atomic E-state index is 10.5. The van der Waals surface area contributed by atoms with Crippen LogP contribution in [0.2, 0.25) is 5.02 Å². The SMILES string of the molecule is O=S(=O)(O)OCCN(CCOS(=O)(=O)O)c1cccc(Cl)c1. The fourth-order valence-corrected chi connectivity index (χ4v) is 2.30. The van der Waals surface area contributed by atoms with E-state index in [0.717, 1.165) is 0 Å². The van der Waals surface area contributed by atoms with E-state index in [1.54, 1.807) is 24.3 Å². The minimum Gasteiger partial charge on any atom is -0.367 e. The average Bonchev–Trinajstić information content (AvgIpc) is 2.34. The first-order valence-electron chi connectivity index (χ1n) is 5.81. The predicted molar refractivity (Wildman–Crippen MR) is 78.7 cm³/mol. The molecule has 0 aliphatic carbocycles. The zero-order chi connectivity index (χ0) is 16.8. The highest BCUT2D eigenvalue weighted by molar-refractivity contribution is 7.81. The highest BCUT2D eigenvalue weighted by Crippen LogP contribution is 2.19. The van der Waals surface area contributed by atoms with Crippen LogP contribution in [0.25, 0.3) is 0 Å². The monoisotopic (exact) mass is 375 g/mol. The summed E-state index contributed by atoms with van der Waals surface area (Å²) in [4.78, 5) is 1.50. The van der Waals surface area contributed by atoms with Gasteiger partial charge in [-0.2, -0.15) is 16.8 Å². The summed E-state index contributed by atoms with van der Waals surface area (Å²) >= 11 is 5.84. The van der Waals surface area contributed by atoms with Crippen LogP contribution in [0, 0.1) is 0 Å². The number of halogens is 1. The Hall–Kier alpha value is -0.950. The van der Waals surface area contributed by atoms with Crippen molar-refractivity contribution in [1.82, 2.24) is 0 Å². The Bertz CT molecular complexity index is 653. The summed E-state index contributed by atoms with van der Waals surface area (Å²) in [5.74, 6) is 0. The van der Waals surface area contributed by atoms with E-state index in [9.17, 15) is 16.8 Å². The lowest BCUT2D eigenvalue weighted by atomic mass is 10.3. The largest absolute Gasteiger partial charge is 0.397 e. The van der Waals surface area contributed by atoms with Crippen molar-refractivity contribution in [3.05, 3.63) is 29.3 Å². The van der Waals surface area contributed by atoms with Gasteiger partial charge in [0, 0.05) is 23.8 Å². The van der Waals surface area contributed by atoms with E-state index in [0.29, 0.717) is 10.7 Å². The third kappa shape index (κ3) is 8.48. The highest BCUT2D eigenvalue weighted by Gasteiger charge is 2.12. The number of hydrogen-bond donors (Lipinski definition) is 2. The molecule has 22 heavy (non-hydrogen) atoms. The first-order chi connectivity index (χ1) is 10.1. The van der Waals surface area contributed by atoms with Crippen LogP contribution < -0.4 is 4.90 Å². The molecular formula is C10H14ClNO8S2. The number of benzene rings is 1. The molecule has 12 heteroatoms. The number of hydrogen-bond acceptors (Lipinski definition) is 7. The minimum absolute atomic E-state index is 0.00499. The van der Waals surface area contributed by atoms with Crippen LogP contribution in [-0.2, 0) is 29.2 Å². The van der Waals surface area contributed by atoms with Crippen molar-refractivity contribution >= 4 is 38.1 Å². The lowest BCUT2D eigenvalue weighted by Gasteiger charge is -2.24. The van der Waals surface area contributed by atoms with E-state index >= 15 is 0 Å². The van der Waals surface area contributed by atoms with E-state index in [4.69, 9.17) is 20.7 Å². The lowest BCUT2D eigenvalue weighted by molar-refractivity contribution is 0.261. The quantitative estimate of drug-likeness (QED) is 0.601. The van der Waals surface area contributed by atoms with Crippen LogP contribution in [0.3, 0.4) is 0 Å². The van der Waals surface area contributed by atoms with Gasteiger partial charge in [0.05, 0.1) is 13.2 Å². The van der Waals surface area contributed by atoms with Crippen molar-refractivity contribution in [1.29, 1.82) is 0 Å². The maximum atomic E-state index is 10.5. The second-order valence-corrected chi connectivity index (χ2v) is 6.59. The molecule has 1 rings (SSSR count). The van der Waals surface area contributed by atoms with Crippen molar-refractivity contribution in [3.8, 4) is 0 Å². The fourth-order valence-electron chi connectivity index (χ4n) is 1.55. The highest BCUT2D eigenvalue weighted by atomic mass is 35.5. The Balaban J connectivity index is 2.72. The molecule has 0 spiro atoms. The van der Waals surface area contributed by atoms with Crippen molar-refractivity contribution in [3.63, 3.8) is 0 Å². The van der Waals surface area contributed by atoms with Crippen LogP contribution in [-0.4, -0.2) is 52.2 Å². The normalized spacial score (nSPS) is 12.3. The first kappa shape index (κ1) is 19.1. The maximum Gasteiger partial charge on any atom is 0.397 e. The molecule has 0 aliphatic heterocycles. The molecule has 0 aliphatic rings. The molecule has 0 bridgehead atoms. The number of nitrogens with zero attached hydrogens (tertiary/aromatic N) is 1. The lowest BCUT2D eigenvalue weighted by Crippen LogP contribution is -2.32. The third-order valence-corrected chi connectivity index (χ3v) is 3.52. The van der Waals surface area contributed by atoms with Crippen molar-refractivity contribution in [2.24, 2.45) is 0 Å². The van der Waals surface area contributed by atoms with Crippen LogP contribution in [0.1, 0.15) is 0 Å². The van der Waals surface area contributed by atoms with Gasteiger partial charge in [-0.3, -0.25) is 9.11 Å². The molecule has 0 saturated carbocycles. The standard InChI is InChI=1S/C10H14ClNO8S2/c11-9-2-1-3-10(8-9)12(4-6-19-21(13,14)15)5-7-20-22(16,17)18/h1-3,8H,4-7H2,(H,13,14,15)(H,16,17,18). The van der Waals surface area contributed by atoms with Gasteiger partial charge in [0.15, 0.2) is 0 Å². The summed E-state index contributed by atoms with van der Waals surface area (Å²) in [6.45, 7) is -0.765. The smallest absolute Gasteiger partial charge is 0.367 e. The molecule has 0 fully saturated rings. The van der Waals surface area contributed by atoms with Crippen molar-refractivity contribution < 1.29 is 34.3 Å². The molecule has 0 saturated heterocycles. The Morgan fingerprint density at radius 3 is 1.91 bits per heavy atom. The van der Waals surface area contributed by atoms with Gasteiger partial charge in [0.1, 0.15) is 0 Å². The summed E-state index contributed by atoms with van der Waals surface area (Å²) in [6, 6.07) is 6.46. The topological polar surface area (TPSA) is 130 Å². The molecule has 2 N–H and O–H groups in total. The second-order valence-electron chi connectivity index (χ2n) is 3.97. The fraction of sp³-hybridized carbons (Fsp3) is 0.400. The van der Waals surface area contributed by atoms with E-state index in [2.05, 4.69) is 8.37 Å². The molecule has 0 unspecified atom stereocenters. The van der Waals surface area contributed by atoms with Gasteiger partial charge in [0.25, 0.3) is 0 Å². The summed E-state index contributed by atoms with van der Waals surface area (Å²) in [6.07, 6.45) is 0. The number of rotatable bonds is 9. The second kappa shape index (κ2) is 8.06. The zero-order valence-electron chi connectivity index (χ0n) is 11.1. The van der Waals surface area contributed by atoms with E-state index < -0.39 is 20.8 Å². The summed E-state index contributed by atoms with van der Waals surface area (Å²) in [5.41, 5.74) is 0.547. The third-order valence-electron chi connectivity index (χ3n) is 2.36. The molecule has 126 valence electrons. The molecule has 9 nitrogen and oxygen atoms in total. The van der Waals surface area contributed by atoms with Gasteiger partial charge in [-0.25, -0.2) is 8.37 Å². The van der Waals surface area contributed by atoms with Crippen LogP contribution in [0.15, 0.2) is 24.3 Å². The molecule has 1 aromatic carbocycles. The Morgan fingerprint density at radius 1 is 1.00 bits per heavy atom. The van der Waals surface area contributed by atoms with Gasteiger partial charge >= 0.3 is 20.8 Å². The zero-order valence-corrected chi connectivity index (χ0v) is 13.5. The first-order valence-corrected chi connectivity index (χ1v) is 8.92. The Kier molecular flexibility index (Phi) is 6.99. The predicted octanol–water partition coefficient (Wildman–Crippen LogP) is 0.785. The van der Waals surface area contributed by atoms with E-state index in [1.165, 1.54) is 4.90 Å². The molecule has 0 heterocycles. The molecule has 0 aromatic heterocycles. The van der Waals surface area contributed by atoms with E-state index in [-0.39, 0.29) is 26.3 Å². The molecule has 0 amide bonds. The summed E-state index contributed by atoms with van der Waals surface area (Å²) in [5, 5.41) is 0.411. The Labute approximate surface area is 133 Å². The van der Waals surface area contributed by atoms with Crippen LogP contribution in [0.5, 0.6) is 0 Å². The van der Waals surface area contributed by atoms with Crippen molar-refractivity contribution in [2.75, 3.05) is 31.2 Å². The summed E-state index contributed by atoms with van der Waals surface area (Å²) < 4.78 is 67.4. The summed E-state index contributed by atoms with van der Waals surface area (Å²) in [7, 11) is -9.15. The van der Waals surface area contributed by atoms with Crippen LogP contribution >= 0.6 is 11.6 Å². The van der Waals surface area contributed by atoms with Gasteiger partial charge in [-0.15, -0.1) is 0 Å². The van der Waals surface area contributed by atoms with Crippen molar-refractivity contribution in [2.45, 2.75) is 0 Å². The Morgan fingerprint density at radius 2 is 1.50 bits per heavy atom. The molecular weight excluding hydrogens is 362 g/mol. The molecule has 1 aromatic rings.